The molecule has 10 heteroatoms. The quantitative estimate of drug-likeness (QED) is 0.534. The number of imidazole rings is 1. The van der Waals surface area contributed by atoms with Crippen LogP contribution in [-0.4, -0.2) is 35.5 Å². The topological polar surface area (TPSA) is 58.4 Å². The molecule has 0 aliphatic heterocycles. The van der Waals surface area contributed by atoms with Crippen molar-refractivity contribution in [1.82, 2.24) is 14.7 Å². The van der Waals surface area contributed by atoms with Crippen LogP contribution in [0.3, 0.4) is 0 Å². The number of benzene rings is 1. The first-order valence-corrected chi connectivity index (χ1v) is 9.13. The van der Waals surface area contributed by atoms with Gasteiger partial charge in [-0.3, -0.25) is 4.98 Å². The Morgan fingerprint density at radius 2 is 1.96 bits per heavy atom. The monoisotopic (exact) mass is 415 g/mol. The Kier molecular flexibility index (Phi) is 5.91. The average molecular weight is 416 g/mol. The van der Waals surface area contributed by atoms with Crippen molar-refractivity contribution in [2.45, 2.75) is 24.4 Å². The fourth-order valence-corrected chi connectivity index (χ4v) is 3.64. The van der Waals surface area contributed by atoms with Crippen molar-refractivity contribution < 1.29 is 23.1 Å². The van der Waals surface area contributed by atoms with Crippen LogP contribution < -0.4 is 14.3 Å². The predicted molar refractivity (Wildman–Crippen MR) is 99.0 cm³/mol. The van der Waals surface area contributed by atoms with E-state index in [0.717, 1.165) is 10.3 Å². The minimum atomic E-state index is -3.00. The molecule has 2 heterocycles. The number of rotatable bonds is 7. The number of nitrogens with zero attached hydrogens (tertiary/aromatic N) is 3. The van der Waals surface area contributed by atoms with Gasteiger partial charge in [0.15, 0.2) is 11.5 Å². The third-order valence-corrected chi connectivity index (χ3v) is 4.89. The summed E-state index contributed by atoms with van der Waals surface area (Å²) in [5.74, 6) is 1.38. The smallest absolute Gasteiger partial charge is 0.405 e. The van der Waals surface area contributed by atoms with Crippen LogP contribution in [-0.2, 0) is 5.75 Å². The van der Waals surface area contributed by atoms with Crippen molar-refractivity contribution in [3.8, 4) is 11.5 Å². The number of aromatic nitrogens is 3. The number of hydrogen-bond acceptors (Lipinski definition) is 6. The van der Waals surface area contributed by atoms with Gasteiger partial charge in [0.1, 0.15) is 5.52 Å². The molecule has 27 heavy (non-hydrogen) atoms. The van der Waals surface area contributed by atoms with E-state index in [1.165, 1.54) is 18.9 Å². The van der Waals surface area contributed by atoms with Gasteiger partial charge in [-0.25, -0.2) is 4.98 Å². The summed E-state index contributed by atoms with van der Waals surface area (Å²) in [5, 5.41) is 0.698. The van der Waals surface area contributed by atoms with E-state index in [1.54, 1.807) is 31.5 Å². The van der Waals surface area contributed by atoms with E-state index in [-0.39, 0.29) is 5.16 Å². The molecule has 0 aliphatic rings. The Balaban J connectivity index is 1.95. The highest BCUT2D eigenvalue weighted by atomic mass is 35.5. The zero-order valence-electron chi connectivity index (χ0n) is 14.7. The van der Waals surface area contributed by atoms with E-state index < -0.39 is 6.61 Å². The molecular weight excluding hydrogens is 400 g/mol. The maximum absolute atomic E-state index is 12.9. The van der Waals surface area contributed by atoms with Crippen LogP contribution in [0.5, 0.6) is 11.5 Å². The fraction of sp³-hybridized carbons (Fsp3) is 0.294. The zero-order valence-corrected chi connectivity index (χ0v) is 16.3. The first-order valence-electron chi connectivity index (χ1n) is 7.77. The number of hydrogen-bond donors (Lipinski definition) is 0. The van der Waals surface area contributed by atoms with Gasteiger partial charge >= 0.3 is 6.61 Å². The SMILES string of the molecule is COc1c(C)cnc(CSc2nc3cc(Cl)ccc3n2OC(F)F)c1OC. The normalized spacial score (nSPS) is 11.2. The largest absolute Gasteiger partial charge is 0.492 e. The number of alkyl halides is 2. The number of thioether (sulfide) groups is 1. The molecule has 0 N–H and O–H groups in total. The van der Waals surface area contributed by atoms with Crippen LogP contribution in [0.15, 0.2) is 29.6 Å². The molecule has 0 aliphatic carbocycles. The summed E-state index contributed by atoms with van der Waals surface area (Å²) in [6.07, 6.45) is 1.66. The van der Waals surface area contributed by atoms with Crippen LogP contribution in [0.2, 0.25) is 5.02 Å². The Bertz CT molecular complexity index is 968. The zero-order chi connectivity index (χ0) is 19.6. The summed E-state index contributed by atoms with van der Waals surface area (Å²) >= 11 is 7.14. The van der Waals surface area contributed by atoms with Gasteiger partial charge in [-0.15, -0.1) is 0 Å². The lowest BCUT2D eigenvalue weighted by molar-refractivity contribution is -0.135. The standard InChI is InChI=1S/C17H16ClF2N3O3S/c1-9-7-21-12(15(25-3)14(9)24-2)8-27-17-22-11-6-10(18)4-5-13(11)23(17)26-16(19)20/h4-7,16H,8H2,1-3H3. The lowest BCUT2D eigenvalue weighted by Gasteiger charge is -2.14. The predicted octanol–water partition coefficient (Wildman–Crippen LogP) is 4.35. The molecule has 0 amide bonds. The van der Waals surface area contributed by atoms with Gasteiger partial charge < -0.3 is 14.3 Å². The number of halogens is 3. The van der Waals surface area contributed by atoms with Crippen molar-refractivity contribution in [3.63, 3.8) is 0 Å². The van der Waals surface area contributed by atoms with Crippen LogP contribution in [0.1, 0.15) is 11.3 Å². The van der Waals surface area contributed by atoms with Crippen LogP contribution in [0, 0.1) is 6.92 Å². The number of fused-ring (bicyclic) bond motifs is 1. The maximum Gasteiger partial charge on any atom is 0.405 e. The molecule has 144 valence electrons. The molecule has 2 aromatic heterocycles. The van der Waals surface area contributed by atoms with E-state index in [2.05, 4.69) is 14.8 Å². The van der Waals surface area contributed by atoms with E-state index >= 15 is 0 Å². The Labute approximate surface area is 163 Å². The van der Waals surface area contributed by atoms with Gasteiger partial charge in [0.05, 0.1) is 25.4 Å². The van der Waals surface area contributed by atoms with Crippen LogP contribution >= 0.6 is 23.4 Å². The molecule has 0 bridgehead atoms. The maximum atomic E-state index is 12.9. The van der Waals surface area contributed by atoms with E-state index in [4.69, 9.17) is 21.1 Å². The Morgan fingerprint density at radius 3 is 2.63 bits per heavy atom. The molecule has 0 saturated carbocycles. The first-order chi connectivity index (χ1) is 12.9. The second-order valence-electron chi connectivity index (χ2n) is 5.43. The molecule has 0 radical (unpaired) electrons. The van der Waals surface area contributed by atoms with Gasteiger partial charge in [-0.2, -0.15) is 13.5 Å². The lowest BCUT2D eigenvalue weighted by Crippen LogP contribution is -2.17. The molecule has 0 saturated heterocycles. The Hall–Kier alpha value is -2.26. The summed E-state index contributed by atoms with van der Waals surface area (Å²) in [5.41, 5.74) is 2.26. The molecule has 3 rings (SSSR count). The minimum Gasteiger partial charge on any atom is -0.492 e. The lowest BCUT2D eigenvalue weighted by atomic mass is 10.2. The second-order valence-corrected chi connectivity index (χ2v) is 6.81. The third kappa shape index (κ3) is 4.03. The van der Waals surface area contributed by atoms with E-state index in [9.17, 15) is 8.78 Å². The number of methoxy groups -OCH3 is 2. The summed E-state index contributed by atoms with van der Waals surface area (Å²) in [6.45, 7) is -1.14. The van der Waals surface area contributed by atoms with Crippen LogP contribution in [0.4, 0.5) is 8.78 Å². The molecule has 3 aromatic rings. The molecule has 0 fully saturated rings. The fourth-order valence-electron chi connectivity index (χ4n) is 2.58. The van der Waals surface area contributed by atoms with E-state index in [0.29, 0.717) is 39.0 Å². The van der Waals surface area contributed by atoms with Crippen molar-refractivity contribution in [3.05, 3.63) is 40.7 Å². The Morgan fingerprint density at radius 1 is 1.22 bits per heavy atom. The van der Waals surface area contributed by atoms with Gasteiger partial charge in [0, 0.05) is 22.5 Å². The molecule has 0 atom stereocenters. The minimum absolute atomic E-state index is 0.246. The van der Waals surface area contributed by atoms with Gasteiger partial charge in [-0.05, 0) is 25.1 Å². The first kappa shape index (κ1) is 19.5. The van der Waals surface area contributed by atoms with Gasteiger partial charge in [0.25, 0.3) is 0 Å². The number of pyridine rings is 1. The van der Waals surface area contributed by atoms with Crippen molar-refractivity contribution in [1.29, 1.82) is 0 Å². The van der Waals surface area contributed by atoms with Crippen molar-refractivity contribution >= 4 is 34.4 Å². The van der Waals surface area contributed by atoms with Crippen LogP contribution in [0.25, 0.3) is 11.0 Å². The average Bonchev–Trinajstić information content (AvgIpc) is 2.96. The molecular formula is C17H16ClF2N3O3S. The summed E-state index contributed by atoms with van der Waals surface area (Å²) in [7, 11) is 3.06. The number of aryl methyl sites for hydroxylation is 1. The molecule has 0 unspecified atom stereocenters. The highest BCUT2D eigenvalue weighted by Gasteiger charge is 2.19. The highest BCUT2D eigenvalue weighted by molar-refractivity contribution is 7.98. The highest BCUT2D eigenvalue weighted by Crippen LogP contribution is 2.36. The molecule has 1 aromatic carbocycles. The molecule has 6 nitrogen and oxygen atoms in total. The number of ether oxygens (including phenoxy) is 2. The van der Waals surface area contributed by atoms with Crippen molar-refractivity contribution in [2.75, 3.05) is 14.2 Å². The van der Waals surface area contributed by atoms with Gasteiger partial charge in [-0.1, -0.05) is 23.4 Å². The van der Waals surface area contributed by atoms with Crippen molar-refractivity contribution in [2.24, 2.45) is 0 Å². The van der Waals surface area contributed by atoms with Gasteiger partial charge in [0.2, 0.25) is 5.16 Å². The summed E-state index contributed by atoms with van der Waals surface area (Å²) < 4.78 is 37.5. The third-order valence-electron chi connectivity index (χ3n) is 3.72. The second kappa shape index (κ2) is 8.18. The summed E-state index contributed by atoms with van der Waals surface area (Å²) in [6, 6.07) is 4.74. The van der Waals surface area contributed by atoms with E-state index in [1.807, 2.05) is 6.92 Å². The summed E-state index contributed by atoms with van der Waals surface area (Å²) in [4.78, 5) is 13.3. The molecule has 0 spiro atoms.